The minimum absolute atomic E-state index is 0.0717. The zero-order valence-electron chi connectivity index (χ0n) is 6.16. The Morgan fingerprint density at radius 3 is 2.60 bits per heavy atom. The van der Waals surface area contributed by atoms with E-state index in [4.69, 9.17) is 0 Å². The summed E-state index contributed by atoms with van der Waals surface area (Å²) in [5.41, 5.74) is 2.75. The predicted molar refractivity (Wildman–Crippen MR) is 53.8 cm³/mol. The first-order valence-corrected chi connectivity index (χ1v) is 4.96. The summed E-state index contributed by atoms with van der Waals surface area (Å²) >= 11 is 7.00. The first-order chi connectivity index (χ1) is 4.62. The fourth-order valence-corrected chi connectivity index (χ4v) is 1.52. The number of unbranched alkanes of at least 4 members (excludes halogenated alkanes) is 1. The van der Waals surface area contributed by atoms with E-state index in [1.165, 1.54) is 12.8 Å². The van der Waals surface area contributed by atoms with Gasteiger partial charge in [-0.2, -0.15) is 0 Å². The van der Waals surface area contributed by atoms with Crippen molar-refractivity contribution in [1.29, 1.82) is 0 Å². The third-order valence-electron chi connectivity index (χ3n) is 1.18. The molecule has 0 radical (unpaired) electrons. The fraction of sp³-hybridized carbons (Fsp3) is 0.625. The van der Waals surface area contributed by atoms with Crippen LogP contribution >= 0.6 is 31.9 Å². The van der Waals surface area contributed by atoms with Crippen LogP contribution in [-0.4, -0.2) is 3.23 Å². The topological polar surface area (TPSA) is 0 Å². The largest absolute Gasteiger partial charge is 0.131 e. The maximum absolute atomic E-state index is 3.51. The van der Waals surface area contributed by atoms with Crippen LogP contribution in [0.3, 0.4) is 0 Å². The molecule has 10 heavy (non-hydrogen) atoms. The molecule has 0 unspecified atom stereocenters. The maximum Gasteiger partial charge on any atom is 0.106 e. The Balaban J connectivity index is 3.74. The van der Waals surface area contributed by atoms with E-state index < -0.39 is 0 Å². The van der Waals surface area contributed by atoms with Crippen LogP contribution in [0.2, 0.25) is 0 Å². The highest BCUT2D eigenvalue weighted by Crippen LogP contribution is 2.32. The summed E-state index contributed by atoms with van der Waals surface area (Å²) in [4.78, 5) is 0. The molecule has 0 nitrogen and oxygen atoms in total. The second kappa shape index (κ2) is 5.17. The average molecular weight is 268 g/mol. The van der Waals surface area contributed by atoms with Crippen molar-refractivity contribution in [2.24, 2.45) is 0 Å². The monoisotopic (exact) mass is 266 g/mol. The molecular formula is C8H12Br2. The minimum Gasteiger partial charge on any atom is -0.131 e. The molecule has 0 aliphatic rings. The number of hydrogen-bond donors (Lipinski definition) is 0. The van der Waals surface area contributed by atoms with Crippen LogP contribution in [0.25, 0.3) is 0 Å². The lowest BCUT2D eigenvalue weighted by atomic mass is 10.2. The van der Waals surface area contributed by atoms with Crippen LogP contribution in [0.15, 0.2) is 18.4 Å². The minimum atomic E-state index is -0.0717. The summed E-state index contributed by atoms with van der Waals surface area (Å²) in [6.07, 6.45) is 5.38. The van der Waals surface area contributed by atoms with Crippen molar-refractivity contribution in [2.45, 2.75) is 29.4 Å². The van der Waals surface area contributed by atoms with E-state index in [2.05, 4.69) is 51.1 Å². The molecule has 0 rings (SSSR count). The first kappa shape index (κ1) is 10.5. The number of rotatable bonds is 4. The second-order valence-electron chi connectivity index (χ2n) is 2.21. The van der Waals surface area contributed by atoms with Crippen LogP contribution < -0.4 is 0 Å². The molecule has 2 heteroatoms. The van der Waals surface area contributed by atoms with Gasteiger partial charge in [0.05, 0.1) is 0 Å². The number of hydrogen-bond acceptors (Lipinski definition) is 0. The third-order valence-corrected chi connectivity index (χ3v) is 2.43. The van der Waals surface area contributed by atoms with Gasteiger partial charge in [-0.3, -0.25) is 0 Å². The van der Waals surface area contributed by atoms with Crippen molar-refractivity contribution in [2.75, 3.05) is 0 Å². The van der Waals surface area contributed by atoms with Gasteiger partial charge in [-0.15, -0.1) is 5.73 Å². The standard InChI is InChI=1S/C8H12Br2/c1-3-5-7-8(9,10)6-4-2/h6H,2-3,5,7H2,1H3. The highest BCUT2D eigenvalue weighted by Gasteiger charge is 2.16. The molecule has 0 bridgehead atoms. The Labute approximate surface area is 79.6 Å². The molecule has 0 N–H and O–H groups in total. The summed E-state index contributed by atoms with van der Waals surface area (Å²) in [5, 5.41) is 0. The van der Waals surface area contributed by atoms with Gasteiger partial charge in [0.1, 0.15) is 3.23 Å². The number of halogens is 2. The van der Waals surface area contributed by atoms with Gasteiger partial charge >= 0.3 is 0 Å². The van der Waals surface area contributed by atoms with Crippen LogP contribution in [0, 0.1) is 0 Å². The molecule has 0 amide bonds. The lowest BCUT2D eigenvalue weighted by Crippen LogP contribution is -2.05. The molecule has 0 heterocycles. The molecular weight excluding hydrogens is 256 g/mol. The summed E-state index contributed by atoms with van der Waals surface area (Å²) in [6.45, 7) is 5.69. The Morgan fingerprint density at radius 2 is 2.20 bits per heavy atom. The van der Waals surface area contributed by atoms with Crippen molar-refractivity contribution in [3.63, 3.8) is 0 Å². The molecule has 0 atom stereocenters. The normalized spacial score (nSPS) is 10.7. The van der Waals surface area contributed by atoms with E-state index in [-0.39, 0.29) is 3.23 Å². The second-order valence-corrected chi connectivity index (χ2v) is 6.11. The van der Waals surface area contributed by atoms with E-state index >= 15 is 0 Å². The van der Waals surface area contributed by atoms with Gasteiger partial charge in [0.25, 0.3) is 0 Å². The smallest absolute Gasteiger partial charge is 0.106 e. The summed E-state index contributed by atoms with van der Waals surface area (Å²) in [5.74, 6) is 0. The molecule has 0 fully saturated rings. The Hall–Kier alpha value is 0.480. The fourth-order valence-electron chi connectivity index (χ4n) is 0.634. The Bertz CT molecular complexity index is 132. The van der Waals surface area contributed by atoms with Gasteiger partial charge in [0.15, 0.2) is 0 Å². The van der Waals surface area contributed by atoms with Crippen LogP contribution in [0.5, 0.6) is 0 Å². The van der Waals surface area contributed by atoms with Gasteiger partial charge in [0.2, 0.25) is 0 Å². The SMILES string of the molecule is C=C=CC(Br)(Br)CCCC. The molecule has 0 saturated carbocycles. The van der Waals surface area contributed by atoms with Gasteiger partial charge in [-0.1, -0.05) is 58.2 Å². The zero-order chi connectivity index (χ0) is 8.04. The molecule has 58 valence electrons. The van der Waals surface area contributed by atoms with E-state index in [9.17, 15) is 0 Å². The van der Waals surface area contributed by atoms with E-state index in [1.807, 2.05) is 6.08 Å². The molecule has 0 aromatic rings. The Morgan fingerprint density at radius 1 is 1.60 bits per heavy atom. The summed E-state index contributed by atoms with van der Waals surface area (Å²) in [6, 6.07) is 0. The predicted octanol–water partition coefficient (Wildman–Crippen LogP) is 4.00. The van der Waals surface area contributed by atoms with Crippen molar-refractivity contribution in [3.8, 4) is 0 Å². The lowest BCUT2D eigenvalue weighted by molar-refractivity contribution is 0.727. The highest BCUT2D eigenvalue weighted by molar-refractivity contribution is 9.25. The number of alkyl halides is 2. The highest BCUT2D eigenvalue weighted by atomic mass is 79.9. The van der Waals surface area contributed by atoms with Gasteiger partial charge in [-0.25, -0.2) is 0 Å². The third kappa shape index (κ3) is 5.28. The molecule has 0 aromatic heterocycles. The first-order valence-electron chi connectivity index (χ1n) is 3.37. The molecule has 0 aliphatic carbocycles. The van der Waals surface area contributed by atoms with Crippen molar-refractivity contribution < 1.29 is 0 Å². The van der Waals surface area contributed by atoms with Crippen LogP contribution in [0.1, 0.15) is 26.2 Å². The summed E-state index contributed by atoms with van der Waals surface area (Å²) in [7, 11) is 0. The molecule has 0 spiro atoms. The molecule has 0 aliphatic heterocycles. The van der Waals surface area contributed by atoms with Crippen molar-refractivity contribution in [1.82, 2.24) is 0 Å². The summed E-state index contributed by atoms with van der Waals surface area (Å²) < 4.78 is -0.0717. The molecule has 0 saturated heterocycles. The maximum atomic E-state index is 3.51. The van der Waals surface area contributed by atoms with Gasteiger partial charge in [-0.05, 0) is 12.5 Å². The van der Waals surface area contributed by atoms with Crippen molar-refractivity contribution >= 4 is 31.9 Å². The van der Waals surface area contributed by atoms with Crippen molar-refractivity contribution in [3.05, 3.63) is 18.4 Å². The van der Waals surface area contributed by atoms with Gasteiger partial charge in [0, 0.05) is 0 Å². The van der Waals surface area contributed by atoms with E-state index in [0.717, 1.165) is 6.42 Å². The Kier molecular flexibility index (Phi) is 5.42. The van der Waals surface area contributed by atoms with E-state index in [1.54, 1.807) is 0 Å². The average Bonchev–Trinajstić information content (AvgIpc) is 1.84. The van der Waals surface area contributed by atoms with Crippen LogP contribution in [-0.2, 0) is 0 Å². The zero-order valence-corrected chi connectivity index (χ0v) is 9.33. The molecule has 0 aromatic carbocycles. The van der Waals surface area contributed by atoms with Crippen LogP contribution in [0.4, 0.5) is 0 Å². The number of allylic oxidation sites excluding steroid dienone is 1. The van der Waals surface area contributed by atoms with Gasteiger partial charge < -0.3 is 0 Å². The van der Waals surface area contributed by atoms with E-state index in [0.29, 0.717) is 0 Å². The quantitative estimate of drug-likeness (QED) is 0.534. The lowest BCUT2D eigenvalue weighted by Gasteiger charge is -2.12.